The number of aryl methyl sites for hydroxylation is 2. The summed E-state index contributed by atoms with van der Waals surface area (Å²) in [4.78, 5) is 2.76. The summed E-state index contributed by atoms with van der Waals surface area (Å²) in [6.07, 6.45) is 6.82. The molecule has 0 fully saturated rings. The topological polar surface area (TPSA) is 53.1 Å². The molecule has 0 saturated carbocycles. The number of methoxy groups -OCH3 is 1. The van der Waals surface area contributed by atoms with Crippen molar-refractivity contribution >= 4 is 27.3 Å². The van der Waals surface area contributed by atoms with Gasteiger partial charge < -0.3 is 10.5 Å². The van der Waals surface area contributed by atoms with E-state index in [1.54, 1.807) is 7.11 Å². The quantitative estimate of drug-likeness (QED) is 0.879. The highest BCUT2D eigenvalue weighted by Gasteiger charge is 2.22. The Balaban J connectivity index is 1.89. The zero-order valence-electron chi connectivity index (χ0n) is 12.1. The van der Waals surface area contributed by atoms with E-state index in [1.807, 2.05) is 22.2 Å². The maximum atomic E-state index is 6.52. The molecule has 21 heavy (non-hydrogen) atoms. The monoisotopic (exact) mass is 369 g/mol. The number of thiophene rings is 1. The van der Waals surface area contributed by atoms with Crippen molar-refractivity contribution in [2.75, 3.05) is 13.7 Å². The number of halogens is 1. The predicted octanol–water partition coefficient (Wildman–Crippen LogP) is 3.28. The van der Waals surface area contributed by atoms with Crippen molar-refractivity contribution in [2.24, 2.45) is 5.73 Å². The summed E-state index contributed by atoms with van der Waals surface area (Å²) in [6, 6.07) is 2.17. The third kappa shape index (κ3) is 3.08. The van der Waals surface area contributed by atoms with Gasteiger partial charge in [0, 0.05) is 16.9 Å². The zero-order chi connectivity index (χ0) is 14.8. The van der Waals surface area contributed by atoms with Gasteiger partial charge in [0.15, 0.2) is 0 Å². The molecule has 0 amide bonds. The van der Waals surface area contributed by atoms with E-state index in [9.17, 15) is 0 Å². The van der Waals surface area contributed by atoms with Gasteiger partial charge in [-0.3, -0.25) is 4.68 Å². The van der Waals surface area contributed by atoms with Crippen molar-refractivity contribution in [3.8, 4) is 0 Å². The minimum absolute atomic E-state index is 0.130. The molecular formula is C15H20BrN3OS. The van der Waals surface area contributed by atoms with Crippen molar-refractivity contribution < 1.29 is 4.74 Å². The molecule has 114 valence electrons. The van der Waals surface area contributed by atoms with Crippen LogP contribution >= 0.6 is 27.3 Å². The lowest BCUT2D eigenvalue weighted by Gasteiger charge is -2.13. The summed E-state index contributed by atoms with van der Waals surface area (Å²) < 4.78 is 8.06. The number of aromatic nitrogens is 2. The molecule has 1 atom stereocenters. The third-order valence-electron chi connectivity index (χ3n) is 3.96. The highest BCUT2D eigenvalue weighted by atomic mass is 79.9. The van der Waals surface area contributed by atoms with Crippen LogP contribution in [0.2, 0.25) is 0 Å². The van der Waals surface area contributed by atoms with Gasteiger partial charge in [-0.05, 0) is 53.2 Å². The van der Waals surface area contributed by atoms with Crippen molar-refractivity contribution in [1.29, 1.82) is 0 Å². The number of nitrogens with two attached hydrogens (primary N) is 1. The molecule has 0 saturated heterocycles. The second-order valence-corrected chi connectivity index (χ2v) is 7.40. The Hall–Kier alpha value is -0.690. The van der Waals surface area contributed by atoms with E-state index in [0.717, 1.165) is 16.7 Å². The van der Waals surface area contributed by atoms with Gasteiger partial charge in [-0.1, -0.05) is 0 Å². The van der Waals surface area contributed by atoms with Gasteiger partial charge >= 0.3 is 0 Å². The van der Waals surface area contributed by atoms with Crippen LogP contribution in [0.4, 0.5) is 0 Å². The Morgan fingerprint density at radius 2 is 2.29 bits per heavy atom. The van der Waals surface area contributed by atoms with Crippen LogP contribution in [0.15, 0.2) is 16.7 Å². The predicted molar refractivity (Wildman–Crippen MR) is 88.8 cm³/mol. The number of fused-ring (bicyclic) bond motifs is 1. The normalized spacial score (nSPS) is 16.0. The second-order valence-electron chi connectivity index (χ2n) is 5.38. The summed E-state index contributed by atoms with van der Waals surface area (Å²) in [6.45, 7) is 1.35. The number of hydrogen-bond acceptors (Lipinski definition) is 4. The van der Waals surface area contributed by atoms with E-state index in [2.05, 4.69) is 27.1 Å². The molecule has 2 aromatic heterocycles. The number of hydrogen-bond donors (Lipinski definition) is 1. The van der Waals surface area contributed by atoms with Crippen molar-refractivity contribution in [2.45, 2.75) is 38.3 Å². The molecule has 0 bridgehead atoms. The highest BCUT2D eigenvalue weighted by Crippen LogP contribution is 2.36. The Bertz CT molecular complexity index is 599. The van der Waals surface area contributed by atoms with Crippen LogP contribution < -0.4 is 5.73 Å². The number of nitrogens with zero attached hydrogens (tertiary/aromatic N) is 2. The molecule has 2 heterocycles. The minimum atomic E-state index is -0.130. The summed E-state index contributed by atoms with van der Waals surface area (Å²) in [5.41, 5.74) is 9.05. The summed E-state index contributed by atoms with van der Waals surface area (Å²) in [7, 11) is 1.70. The fourth-order valence-electron chi connectivity index (χ4n) is 2.84. The van der Waals surface area contributed by atoms with Crippen LogP contribution in [-0.2, 0) is 24.1 Å². The SMILES string of the molecule is COCCn1ncc(Br)c1C(N)c1cc2c(s1)CCCC2. The smallest absolute Gasteiger partial charge is 0.0828 e. The third-order valence-corrected chi connectivity index (χ3v) is 5.89. The van der Waals surface area contributed by atoms with E-state index < -0.39 is 0 Å². The molecule has 6 heteroatoms. The first-order valence-corrected chi connectivity index (χ1v) is 8.89. The molecule has 0 radical (unpaired) electrons. The fraction of sp³-hybridized carbons (Fsp3) is 0.533. The van der Waals surface area contributed by atoms with Crippen molar-refractivity contribution in [3.05, 3.63) is 37.7 Å². The fourth-order valence-corrected chi connectivity index (χ4v) is 4.64. The van der Waals surface area contributed by atoms with Gasteiger partial charge in [-0.2, -0.15) is 5.10 Å². The Morgan fingerprint density at radius 3 is 3.05 bits per heavy atom. The first-order chi connectivity index (χ1) is 10.2. The van der Waals surface area contributed by atoms with Gasteiger partial charge in [0.1, 0.15) is 0 Å². The number of ether oxygens (including phenoxy) is 1. The van der Waals surface area contributed by atoms with Crippen LogP contribution in [-0.4, -0.2) is 23.5 Å². The maximum Gasteiger partial charge on any atom is 0.0828 e. The zero-order valence-corrected chi connectivity index (χ0v) is 14.5. The van der Waals surface area contributed by atoms with Gasteiger partial charge in [-0.15, -0.1) is 11.3 Å². The second kappa shape index (κ2) is 6.60. The van der Waals surface area contributed by atoms with E-state index in [-0.39, 0.29) is 6.04 Å². The van der Waals surface area contributed by atoms with Gasteiger partial charge in [0.25, 0.3) is 0 Å². The van der Waals surface area contributed by atoms with Crippen LogP contribution in [0.5, 0.6) is 0 Å². The molecular weight excluding hydrogens is 350 g/mol. The van der Waals surface area contributed by atoms with E-state index >= 15 is 0 Å². The molecule has 1 unspecified atom stereocenters. The average molecular weight is 370 g/mol. The van der Waals surface area contributed by atoms with E-state index in [0.29, 0.717) is 6.61 Å². The molecule has 3 rings (SSSR count). The first-order valence-electron chi connectivity index (χ1n) is 7.28. The van der Waals surface area contributed by atoms with Crippen LogP contribution in [0.1, 0.15) is 39.9 Å². The molecule has 1 aliphatic carbocycles. The molecule has 0 aliphatic heterocycles. The molecule has 2 N–H and O–H groups in total. The highest BCUT2D eigenvalue weighted by molar-refractivity contribution is 9.10. The van der Waals surface area contributed by atoms with Gasteiger partial charge in [-0.25, -0.2) is 0 Å². The summed E-state index contributed by atoms with van der Waals surface area (Å²) in [5.74, 6) is 0. The van der Waals surface area contributed by atoms with Crippen LogP contribution in [0.3, 0.4) is 0 Å². The standard InChI is InChI=1S/C15H20BrN3OS/c1-20-7-6-19-15(11(16)9-18-19)14(17)13-8-10-4-2-3-5-12(10)21-13/h8-9,14H,2-7,17H2,1H3. The van der Waals surface area contributed by atoms with E-state index in [4.69, 9.17) is 10.5 Å². The molecule has 0 aromatic carbocycles. The lowest BCUT2D eigenvalue weighted by atomic mass is 9.98. The maximum absolute atomic E-state index is 6.52. The van der Waals surface area contributed by atoms with Crippen LogP contribution in [0.25, 0.3) is 0 Å². The summed E-state index contributed by atoms with van der Waals surface area (Å²) >= 11 is 5.44. The first kappa shape index (κ1) is 15.2. The summed E-state index contributed by atoms with van der Waals surface area (Å²) in [5, 5.41) is 4.40. The van der Waals surface area contributed by atoms with Gasteiger partial charge in [0.2, 0.25) is 0 Å². The molecule has 4 nitrogen and oxygen atoms in total. The lowest BCUT2D eigenvalue weighted by Crippen LogP contribution is -2.18. The Kier molecular flexibility index (Phi) is 4.78. The van der Waals surface area contributed by atoms with Crippen molar-refractivity contribution in [3.63, 3.8) is 0 Å². The van der Waals surface area contributed by atoms with Gasteiger partial charge in [0.05, 0.1) is 35.6 Å². The number of rotatable bonds is 5. The lowest BCUT2D eigenvalue weighted by molar-refractivity contribution is 0.182. The molecule has 2 aromatic rings. The Labute approximate surface area is 137 Å². The van der Waals surface area contributed by atoms with Crippen LogP contribution in [0, 0.1) is 0 Å². The van der Waals surface area contributed by atoms with E-state index in [1.165, 1.54) is 41.0 Å². The van der Waals surface area contributed by atoms with Crippen molar-refractivity contribution in [1.82, 2.24) is 9.78 Å². The molecule has 0 spiro atoms. The largest absolute Gasteiger partial charge is 0.383 e. The average Bonchev–Trinajstić information content (AvgIpc) is 3.08. The minimum Gasteiger partial charge on any atom is -0.383 e. The Morgan fingerprint density at radius 1 is 1.48 bits per heavy atom. The molecule has 1 aliphatic rings.